The molecule has 1 aliphatic rings. The molecule has 0 bridgehead atoms. The molecule has 2 aromatic rings. The van der Waals surface area contributed by atoms with E-state index in [1.807, 2.05) is 0 Å². The number of aryl methyl sites for hydroxylation is 1. The van der Waals surface area contributed by atoms with Crippen molar-refractivity contribution in [2.45, 2.75) is 13.2 Å². The second-order valence-electron chi connectivity index (χ2n) is 4.65. The highest BCUT2D eigenvalue weighted by molar-refractivity contribution is 6.48. The van der Waals surface area contributed by atoms with Gasteiger partial charge in [-0.15, -0.1) is 8.78 Å². The van der Waals surface area contributed by atoms with Gasteiger partial charge in [0.1, 0.15) is 5.69 Å². The van der Waals surface area contributed by atoms with Crippen LogP contribution >= 0.6 is 0 Å². The van der Waals surface area contributed by atoms with Crippen LogP contribution in [-0.2, 0) is 0 Å². The molecule has 112 valence electrons. The number of carbonyl (C=O) groups is 2. The van der Waals surface area contributed by atoms with Crippen LogP contribution in [0.25, 0.3) is 0 Å². The van der Waals surface area contributed by atoms with Gasteiger partial charge in [0.15, 0.2) is 11.5 Å². The summed E-state index contributed by atoms with van der Waals surface area (Å²) in [5, 5.41) is 0. The highest BCUT2D eigenvalue weighted by Gasteiger charge is 2.43. The van der Waals surface area contributed by atoms with Crippen molar-refractivity contribution in [1.29, 1.82) is 0 Å². The van der Waals surface area contributed by atoms with Crippen molar-refractivity contribution in [3.63, 3.8) is 0 Å². The highest BCUT2D eigenvalue weighted by Crippen LogP contribution is 2.41. The summed E-state index contributed by atoms with van der Waals surface area (Å²) in [6.45, 7) is 1.68. The normalized spacial score (nSPS) is 14.7. The molecule has 1 aromatic heterocycles. The predicted octanol–water partition coefficient (Wildman–Crippen LogP) is 2.78. The van der Waals surface area contributed by atoms with Crippen molar-refractivity contribution in [3.05, 3.63) is 53.3 Å². The number of carbonyl (C=O) groups excluding carboxylic acids is 2. The van der Waals surface area contributed by atoms with Crippen molar-refractivity contribution in [3.8, 4) is 11.5 Å². The number of alkyl halides is 2. The van der Waals surface area contributed by atoms with Crippen LogP contribution in [0.3, 0.4) is 0 Å². The summed E-state index contributed by atoms with van der Waals surface area (Å²) in [4.78, 5) is 28.2. The van der Waals surface area contributed by atoms with E-state index in [2.05, 4.69) is 14.5 Å². The zero-order chi connectivity index (χ0) is 15.9. The van der Waals surface area contributed by atoms with Gasteiger partial charge < -0.3 is 9.47 Å². The number of pyridine rings is 1. The summed E-state index contributed by atoms with van der Waals surface area (Å²) in [6, 6.07) is 8.12. The summed E-state index contributed by atoms with van der Waals surface area (Å²) >= 11 is 0. The van der Waals surface area contributed by atoms with Crippen LogP contribution in [0.1, 0.15) is 26.5 Å². The molecule has 3 rings (SSSR count). The van der Waals surface area contributed by atoms with Gasteiger partial charge in [-0.3, -0.25) is 9.59 Å². The number of ether oxygens (including phenoxy) is 2. The summed E-state index contributed by atoms with van der Waals surface area (Å²) in [6.07, 6.45) is -3.77. The van der Waals surface area contributed by atoms with E-state index in [4.69, 9.17) is 0 Å². The van der Waals surface area contributed by atoms with Crippen molar-refractivity contribution in [2.75, 3.05) is 0 Å². The fourth-order valence-electron chi connectivity index (χ4n) is 2.01. The van der Waals surface area contributed by atoms with E-state index in [0.29, 0.717) is 5.69 Å². The summed E-state index contributed by atoms with van der Waals surface area (Å²) in [5.41, 5.74) is 0.505. The first-order valence-electron chi connectivity index (χ1n) is 6.28. The Morgan fingerprint density at radius 3 is 2.50 bits per heavy atom. The number of fused-ring (bicyclic) bond motifs is 1. The van der Waals surface area contributed by atoms with Crippen molar-refractivity contribution in [2.24, 2.45) is 0 Å². The number of halogens is 2. The first-order valence-corrected chi connectivity index (χ1v) is 6.28. The molecular weight excluding hydrogens is 296 g/mol. The molecular formula is C15H9F2NO4. The van der Waals surface area contributed by atoms with Crippen LogP contribution in [0, 0.1) is 6.92 Å². The zero-order valence-electron chi connectivity index (χ0n) is 11.3. The van der Waals surface area contributed by atoms with Crippen LogP contribution in [0.5, 0.6) is 11.5 Å². The Hall–Kier alpha value is -2.83. The first kappa shape index (κ1) is 14.1. The lowest BCUT2D eigenvalue weighted by atomic mass is 10.0. The Bertz CT molecular complexity index is 789. The van der Waals surface area contributed by atoms with Gasteiger partial charge in [0.05, 0.1) is 0 Å². The minimum atomic E-state index is -3.77. The standard InChI is InChI=1S/C15H9F2NO4/c1-8-3-2-4-10(18-8)14(20)13(19)9-5-6-11-12(7-9)22-15(16,17)21-11/h2-7H,1H3. The summed E-state index contributed by atoms with van der Waals surface area (Å²) in [7, 11) is 0. The number of hydrogen-bond acceptors (Lipinski definition) is 5. The van der Waals surface area contributed by atoms with Gasteiger partial charge >= 0.3 is 6.29 Å². The molecule has 0 radical (unpaired) electrons. The van der Waals surface area contributed by atoms with Crippen molar-refractivity contribution in [1.82, 2.24) is 4.98 Å². The Labute approximate surface area is 123 Å². The number of hydrogen-bond donors (Lipinski definition) is 0. The second-order valence-corrected chi connectivity index (χ2v) is 4.65. The number of ketones is 2. The minimum absolute atomic E-state index is 0.00648. The molecule has 1 aromatic carbocycles. The Kier molecular flexibility index (Phi) is 3.13. The SMILES string of the molecule is Cc1cccc(C(=O)C(=O)c2ccc3c(c2)OC(F)(F)O3)n1. The number of Topliss-reactive ketones (excluding diaryl/α,β-unsaturated/α-hetero) is 2. The van der Waals surface area contributed by atoms with Gasteiger partial charge in [0.2, 0.25) is 5.78 Å². The van der Waals surface area contributed by atoms with Crippen LogP contribution in [0.15, 0.2) is 36.4 Å². The molecule has 0 spiro atoms. The Morgan fingerprint density at radius 1 is 1.05 bits per heavy atom. The topological polar surface area (TPSA) is 65.5 Å². The average Bonchev–Trinajstić information content (AvgIpc) is 2.78. The van der Waals surface area contributed by atoms with E-state index in [0.717, 1.165) is 12.1 Å². The maximum atomic E-state index is 12.9. The highest BCUT2D eigenvalue weighted by atomic mass is 19.3. The third-order valence-corrected chi connectivity index (χ3v) is 2.99. The molecule has 2 heterocycles. The van der Waals surface area contributed by atoms with Crippen LogP contribution in [0.4, 0.5) is 8.78 Å². The molecule has 0 amide bonds. The molecule has 0 saturated carbocycles. The quantitative estimate of drug-likeness (QED) is 0.644. The molecule has 1 aliphatic heterocycles. The number of benzene rings is 1. The molecule has 0 aliphatic carbocycles. The van der Waals surface area contributed by atoms with E-state index in [1.54, 1.807) is 19.1 Å². The average molecular weight is 305 g/mol. The van der Waals surface area contributed by atoms with Crippen molar-refractivity contribution < 1.29 is 27.8 Å². The molecule has 22 heavy (non-hydrogen) atoms. The molecule has 7 heteroatoms. The maximum Gasteiger partial charge on any atom is 0.586 e. The lowest BCUT2D eigenvalue weighted by Crippen LogP contribution is -2.25. The maximum absolute atomic E-state index is 12.9. The molecule has 0 saturated heterocycles. The van der Waals surface area contributed by atoms with Gasteiger partial charge in [-0.05, 0) is 37.3 Å². The van der Waals surface area contributed by atoms with Crippen LogP contribution in [0.2, 0.25) is 0 Å². The van der Waals surface area contributed by atoms with E-state index < -0.39 is 17.9 Å². The molecule has 0 unspecified atom stereocenters. The van der Waals surface area contributed by atoms with Gasteiger partial charge in [-0.1, -0.05) is 6.07 Å². The van der Waals surface area contributed by atoms with E-state index in [-0.39, 0.29) is 22.8 Å². The monoisotopic (exact) mass is 305 g/mol. The number of aromatic nitrogens is 1. The molecule has 0 atom stereocenters. The molecule has 5 nitrogen and oxygen atoms in total. The van der Waals surface area contributed by atoms with E-state index in [1.165, 1.54) is 12.1 Å². The molecule has 0 N–H and O–H groups in total. The zero-order valence-corrected chi connectivity index (χ0v) is 11.3. The molecule has 0 fully saturated rings. The van der Waals surface area contributed by atoms with Gasteiger partial charge in [-0.25, -0.2) is 4.98 Å². The summed E-state index contributed by atoms with van der Waals surface area (Å²) in [5.74, 6) is -2.17. The van der Waals surface area contributed by atoms with Gasteiger partial charge in [-0.2, -0.15) is 0 Å². The minimum Gasteiger partial charge on any atom is -0.395 e. The van der Waals surface area contributed by atoms with E-state index >= 15 is 0 Å². The lowest BCUT2D eigenvalue weighted by Gasteiger charge is -2.04. The first-order chi connectivity index (χ1) is 10.4. The second kappa shape index (κ2) is 4.87. The Morgan fingerprint density at radius 2 is 1.77 bits per heavy atom. The van der Waals surface area contributed by atoms with Crippen LogP contribution in [-0.4, -0.2) is 22.8 Å². The Balaban J connectivity index is 1.89. The van der Waals surface area contributed by atoms with Gasteiger partial charge in [0.25, 0.3) is 5.78 Å². The van der Waals surface area contributed by atoms with Crippen LogP contribution < -0.4 is 9.47 Å². The fourth-order valence-corrected chi connectivity index (χ4v) is 2.01. The number of nitrogens with zero attached hydrogens (tertiary/aromatic N) is 1. The third kappa shape index (κ3) is 2.52. The summed E-state index contributed by atoms with van der Waals surface area (Å²) < 4.78 is 34.3. The third-order valence-electron chi connectivity index (χ3n) is 2.99. The van der Waals surface area contributed by atoms with Gasteiger partial charge in [0, 0.05) is 11.3 Å². The predicted molar refractivity (Wildman–Crippen MR) is 70.3 cm³/mol. The van der Waals surface area contributed by atoms with Crippen molar-refractivity contribution >= 4 is 11.6 Å². The fraction of sp³-hybridized carbons (Fsp3) is 0.133. The van der Waals surface area contributed by atoms with E-state index in [9.17, 15) is 18.4 Å². The lowest BCUT2D eigenvalue weighted by molar-refractivity contribution is -0.286. The largest absolute Gasteiger partial charge is 0.586 e. The smallest absolute Gasteiger partial charge is 0.395 e. The number of rotatable bonds is 3.